The largest absolute Gasteiger partial charge is 0.365 e. The van der Waals surface area contributed by atoms with Crippen LogP contribution in [0.5, 0.6) is 0 Å². The molecule has 2 aliphatic carbocycles. The lowest BCUT2D eigenvalue weighted by atomic mass is 9.93. The number of carbonyl (C=O) groups excluding carboxylic acids is 3. The van der Waals surface area contributed by atoms with E-state index < -0.39 is 5.91 Å². The van der Waals surface area contributed by atoms with E-state index >= 15 is 0 Å². The molecule has 1 saturated heterocycles. The van der Waals surface area contributed by atoms with Gasteiger partial charge in [-0.05, 0) is 57.1 Å². The second-order valence-electron chi connectivity index (χ2n) is 8.89. The fraction of sp³-hybridized carbons (Fsp3) is 0.682. The number of nitrogens with one attached hydrogen (secondary N) is 2. The third-order valence-electron chi connectivity index (χ3n) is 6.62. The van der Waals surface area contributed by atoms with Crippen molar-refractivity contribution in [2.45, 2.75) is 70.3 Å². The molecule has 4 N–H and O–H groups in total. The van der Waals surface area contributed by atoms with Crippen molar-refractivity contribution in [2.75, 3.05) is 25.0 Å². The number of nitrogens with two attached hydrogens (primary N) is 1. The number of aryl methyl sites for hydroxylation is 1. The lowest BCUT2D eigenvalue weighted by molar-refractivity contribution is -0.128. The number of likely N-dealkylation sites (tertiary alicyclic amines) is 1. The van der Waals surface area contributed by atoms with E-state index in [4.69, 9.17) is 5.73 Å². The maximum absolute atomic E-state index is 12.7. The number of anilines is 1. The predicted octanol–water partition coefficient (Wildman–Crippen LogP) is 2.44. The Hall–Kier alpha value is -1.93. The second kappa shape index (κ2) is 9.47. The molecule has 0 aromatic carbocycles. The lowest BCUT2D eigenvalue weighted by Crippen LogP contribution is -2.47. The molecule has 0 bridgehead atoms. The predicted molar refractivity (Wildman–Crippen MR) is 118 cm³/mol. The highest BCUT2D eigenvalue weighted by molar-refractivity contribution is 7.17. The molecule has 1 unspecified atom stereocenters. The first-order valence-electron chi connectivity index (χ1n) is 11.3. The summed E-state index contributed by atoms with van der Waals surface area (Å²) in [6.45, 7) is 1.65. The summed E-state index contributed by atoms with van der Waals surface area (Å²) in [5.74, 6) is -0.536. The smallest absolute Gasteiger partial charge is 0.251 e. The van der Waals surface area contributed by atoms with Crippen molar-refractivity contribution in [2.24, 2.45) is 11.7 Å². The number of fused-ring (bicyclic) bond motifs is 1. The SMILES string of the molecule is NC(=O)c1c(NC(=O)CN2CCCC(C(=O)NC3CCCCC3)C2)sc2c1CCC2. The normalized spacial score (nSPS) is 22.5. The second-order valence-corrected chi connectivity index (χ2v) is 10.00. The van der Waals surface area contributed by atoms with Crippen LogP contribution in [0.3, 0.4) is 0 Å². The van der Waals surface area contributed by atoms with Crippen LogP contribution in [-0.4, -0.2) is 48.3 Å². The van der Waals surface area contributed by atoms with Crippen molar-refractivity contribution in [3.63, 3.8) is 0 Å². The molecule has 3 amide bonds. The van der Waals surface area contributed by atoms with E-state index in [2.05, 4.69) is 15.5 Å². The Balaban J connectivity index is 1.31. The van der Waals surface area contributed by atoms with E-state index in [1.54, 1.807) is 0 Å². The summed E-state index contributed by atoms with van der Waals surface area (Å²) in [6.07, 6.45) is 10.4. The number of thiophene rings is 1. The van der Waals surface area contributed by atoms with E-state index in [0.29, 0.717) is 23.2 Å². The summed E-state index contributed by atoms with van der Waals surface area (Å²) in [4.78, 5) is 40.5. The fourth-order valence-corrected chi connectivity index (χ4v) is 6.41. The molecule has 8 heteroatoms. The maximum atomic E-state index is 12.7. The minimum absolute atomic E-state index is 0.0554. The molecule has 2 fully saturated rings. The van der Waals surface area contributed by atoms with Crippen LogP contribution in [-0.2, 0) is 22.4 Å². The van der Waals surface area contributed by atoms with Gasteiger partial charge >= 0.3 is 0 Å². The lowest BCUT2D eigenvalue weighted by Gasteiger charge is -2.33. The zero-order valence-corrected chi connectivity index (χ0v) is 18.3. The first-order chi connectivity index (χ1) is 14.5. The monoisotopic (exact) mass is 432 g/mol. The van der Waals surface area contributed by atoms with Crippen LogP contribution in [0.1, 0.15) is 72.2 Å². The van der Waals surface area contributed by atoms with Gasteiger partial charge in [0.05, 0.1) is 18.0 Å². The quantitative estimate of drug-likeness (QED) is 0.642. The third-order valence-corrected chi connectivity index (χ3v) is 7.82. The Bertz CT molecular complexity index is 816. The Morgan fingerprint density at radius 3 is 2.60 bits per heavy atom. The minimum atomic E-state index is -0.470. The minimum Gasteiger partial charge on any atom is -0.365 e. The number of amides is 3. The molecule has 3 aliphatic rings. The number of carbonyl (C=O) groups is 3. The third kappa shape index (κ3) is 4.86. The highest BCUT2D eigenvalue weighted by atomic mass is 32.1. The highest BCUT2D eigenvalue weighted by Crippen LogP contribution is 2.38. The molecule has 0 spiro atoms. The number of rotatable bonds is 6. The van der Waals surface area contributed by atoms with Crippen molar-refractivity contribution in [3.8, 4) is 0 Å². The van der Waals surface area contributed by atoms with Crippen molar-refractivity contribution in [1.82, 2.24) is 10.2 Å². The van der Waals surface area contributed by atoms with Crippen molar-refractivity contribution >= 4 is 34.1 Å². The Morgan fingerprint density at radius 1 is 1.03 bits per heavy atom. The van der Waals surface area contributed by atoms with Crippen LogP contribution in [0.2, 0.25) is 0 Å². The van der Waals surface area contributed by atoms with Crippen LogP contribution in [0.4, 0.5) is 5.00 Å². The van der Waals surface area contributed by atoms with Gasteiger partial charge in [0.15, 0.2) is 0 Å². The Morgan fingerprint density at radius 2 is 1.83 bits per heavy atom. The molecule has 30 heavy (non-hydrogen) atoms. The zero-order valence-electron chi connectivity index (χ0n) is 17.5. The Labute approximate surface area is 181 Å². The van der Waals surface area contributed by atoms with Crippen LogP contribution in [0.25, 0.3) is 0 Å². The van der Waals surface area contributed by atoms with E-state index in [1.807, 2.05) is 0 Å². The van der Waals surface area contributed by atoms with Gasteiger partial charge in [-0.1, -0.05) is 19.3 Å². The van der Waals surface area contributed by atoms with Crippen LogP contribution < -0.4 is 16.4 Å². The molecule has 7 nitrogen and oxygen atoms in total. The van der Waals surface area contributed by atoms with Crippen LogP contribution in [0, 0.1) is 5.92 Å². The highest BCUT2D eigenvalue weighted by Gasteiger charge is 2.30. The molecule has 1 aromatic heterocycles. The average Bonchev–Trinajstić information content (AvgIpc) is 3.29. The summed E-state index contributed by atoms with van der Waals surface area (Å²) < 4.78 is 0. The molecule has 1 atom stereocenters. The van der Waals surface area contributed by atoms with Crippen LogP contribution in [0.15, 0.2) is 0 Å². The standard InChI is InChI=1S/C22H32N4O3S/c23-20(28)19-16-9-4-10-17(16)30-22(19)25-18(27)13-26-11-5-6-14(12-26)21(29)24-15-7-2-1-3-8-15/h14-15H,1-13H2,(H2,23,28)(H,24,29)(H,25,27). The van der Waals surface area contributed by atoms with Gasteiger partial charge < -0.3 is 16.4 Å². The first-order valence-corrected chi connectivity index (χ1v) is 12.1. The zero-order chi connectivity index (χ0) is 21.1. The summed E-state index contributed by atoms with van der Waals surface area (Å²) in [5, 5.41) is 6.73. The van der Waals surface area contributed by atoms with E-state index in [9.17, 15) is 14.4 Å². The summed E-state index contributed by atoms with van der Waals surface area (Å²) in [5.41, 5.74) is 7.09. The van der Waals surface area contributed by atoms with E-state index in [1.165, 1.54) is 30.6 Å². The maximum Gasteiger partial charge on any atom is 0.251 e. The molecule has 2 heterocycles. The van der Waals surface area contributed by atoms with Crippen LogP contribution >= 0.6 is 11.3 Å². The number of primary amides is 1. The van der Waals surface area contributed by atoms with Gasteiger partial charge in [-0.15, -0.1) is 11.3 Å². The topological polar surface area (TPSA) is 105 Å². The van der Waals surface area contributed by atoms with Crippen molar-refractivity contribution < 1.29 is 14.4 Å². The first kappa shape index (κ1) is 21.3. The molecule has 1 saturated carbocycles. The summed E-state index contributed by atoms with van der Waals surface area (Å²) in [7, 11) is 0. The molecule has 164 valence electrons. The van der Waals surface area contributed by atoms with Gasteiger partial charge in [-0.2, -0.15) is 0 Å². The number of hydrogen-bond acceptors (Lipinski definition) is 5. The van der Waals surface area contributed by atoms with Gasteiger partial charge in [-0.3, -0.25) is 19.3 Å². The fourth-order valence-electron chi connectivity index (χ4n) is 5.10. The number of piperidine rings is 1. The van der Waals surface area contributed by atoms with Crippen molar-refractivity contribution in [3.05, 3.63) is 16.0 Å². The molecular weight excluding hydrogens is 400 g/mol. The number of hydrogen-bond donors (Lipinski definition) is 3. The summed E-state index contributed by atoms with van der Waals surface area (Å²) in [6, 6.07) is 0.318. The number of nitrogens with zero attached hydrogens (tertiary/aromatic N) is 1. The van der Waals surface area contributed by atoms with Gasteiger partial charge in [0.25, 0.3) is 5.91 Å². The van der Waals surface area contributed by atoms with Gasteiger partial charge in [-0.25, -0.2) is 0 Å². The molecule has 4 rings (SSSR count). The molecular formula is C22H32N4O3S. The van der Waals surface area contributed by atoms with E-state index in [0.717, 1.165) is 61.9 Å². The van der Waals surface area contributed by atoms with E-state index in [-0.39, 0.29) is 24.3 Å². The molecule has 1 aromatic rings. The average molecular weight is 433 g/mol. The Kier molecular flexibility index (Phi) is 6.73. The summed E-state index contributed by atoms with van der Waals surface area (Å²) >= 11 is 1.48. The van der Waals surface area contributed by atoms with Gasteiger partial charge in [0.1, 0.15) is 5.00 Å². The van der Waals surface area contributed by atoms with Crippen molar-refractivity contribution in [1.29, 1.82) is 0 Å². The molecule has 0 radical (unpaired) electrons. The van der Waals surface area contributed by atoms with Gasteiger partial charge in [0, 0.05) is 17.5 Å². The van der Waals surface area contributed by atoms with Gasteiger partial charge in [0.2, 0.25) is 11.8 Å². The molecule has 1 aliphatic heterocycles.